The average molecular weight is 398 g/mol. The van der Waals surface area contributed by atoms with Crippen LogP contribution in [0.4, 0.5) is 0 Å². The molecule has 0 aromatic heterocycles. The smallest absolute Gasteiger partial charge is 0.0479 e. The minimum Gasteiger partial charge on any atom is -0.302 e. The van der Waals surface area contributed by atoms with Gasteiger partial charge in [-0.05, 0) is 49.2 Å². The first-order chi connectivity index (χ1) is 13.8. The van der Waals surface area contributed by atoms with Gasteiger partial charge in [0.1, 0.15) is 0 Å². The van der Waals surface area contributed by atoms with E-state index in [1.165, 1.54) is 56.6 Å². The topological polar surface area (TPSA) is 9.72 Å². The van der Waals surface area contributed by atoms with E-state index in [4.69, 9.17) is 11.6 Å². The molecule has 28 heavy (non-hydrogen) atoms. The molecule has 4 rings (SSSR count). The summed E-state index contributed by atoms with van der Waals surface area (Å²) in [5.74, 6) is 0. The molecular formula is C24H32ClN3. The van der Waals surface area contributed by atoms with Crippen LogP contribution in [-0.2, 0) is 6.54 Å². The van der Waals surface area contributed by atoms with Crippen molar-refractivity contribution in [3.63, 3.8) is 0 Å². The Labute approximate surface area is 174 Å². The molecule has 2 aliphatic rings. The molecule has 0 amide bonds. The Morgan fingerprint density at radius 1 is 0.750 bits per heavy atom. The molecular weight excluding hydrogens is 366 g/mol. The van der Waals surface area contributed by atoms with Crippen LogP contribution in [0, 0.1) is 0 Å². The summed E-state index contributed by atoms with van der Waals surface area (Å²) in [6, 6.07) is 19.8. The first kappa shape index (κ1) is 19.9. The molecule has 4 heteroatoms. The fourth-order valence-electron chi connectivity index (χ4n) is 4.55. The maximum atomic E-state index is 6.07. The lowest BCUT2D eigenvalue weighted by atomic mass is 10.0. The molecule has 0 aliphatic carbocycles. The van der Waals surface area contributed by atoms with E-state index < -0.39 is 0 Å². The van der Waals surface area contributed by atoms with Gasteiger partial charge in [0.2, 0.25) is 0 Å². The monoisotopic (exact) mass is 397 g/mol. The summed E-state index contributed by atoms with van der Waals surface area (Å²) in [5.41, 5.74) is 2.77. The molecule has 0 N–H and O–H groups in total. The number of piperazine rings is 1. The van der Waals surface area contributed by atoms with Gasteiger partial charge >= 0.3 is 0 Å². The first-order valence-corrected chi connectivity index (χ1v) is 11.1. The number of hydrogen-bond donors (Lipinski definition) is 0. The maximum Gasteiger partial charge on any atom is 0.0479 e. The van der Waals surface area contributed by atoms with Crippen LogP contribution in [0.2, 0.25) is 5.02 Å². The van der Waals surface area contributed by atoms with Gasteiger partial charge in [-0.25, -0.2) is 0 Å². The number of hydrogen-bond acceptors (Lipinski definition) is 3. The van der Waals surface area contributed by atoms with Crippen LogP contribution in [-0.4, -0.2) is 60.5 Å². The second-order valence-electron chi connectivity index (χ2n) is 8.23. The zero-order valence-electron chi connectivity index (χ0n) is 16.8. The van der Waals surface area contributed by atoms with E-state index in [1.807, 2.05) is 12.1 Å². The van der Waals surface area contributed by atoms with Gasteiger partial charge < -0.3 is 4.90 Å². The Balaban J connectivity index is 1.41. The molecule has 2 aliphatic heterocycles. The molecule has 2 heterocycles. The lowest BCUT2D eigenvalue weighted by Crippen LogP contribution is -2.50. The Kier molecular flexibility index (Phi) is 7.03. The lowest BCUT2D eigenvalue weighted by Gasteiger charge is -2.42. The van der Waals surface area contributed by atoms with Crippen molar-refractivity contribution < 1.29 is 0 Å². The summed E-state index contributed by atoms with van der Waals surface area (Å²) in [5, 5.41) is 0.811. The van der Waals surface area contributed by atoms with E-state index in [9.17, 15) is 0 Å². The Bertz CT molecular complexity index is 712. The standard InChI is InChI=1S/C24H32ClN3/c25-23-11-9-21(10-12-23)19-28-18-17-27(16-15-26-13-5-2-6-14-26)20-24(28)22-7-3-1-4-8-22/h1,3-4,7-12,24H,2,5-6,13-20H2. The number of nitrogens with zero attached hydrogens (tertiary/aromatic N) is 3. The molecule has 0 bridgehead atoms. The zero-order valence-corrected chi connectivity index (χ0v) is 17.5. The summed E-state index contributed by atoms with van der Waals surface area (Å²) in [6.07, 6.45) is 4.17. The molecule has 2 aromatic rings. The summed E-state index contributed by atoms with van der Waals surface area (Å²) in [6.45, 7) is 9.36. The van der Waals surface area contributed by atoms with Crippen LogP contribution < -0.4 is 0 Å². The van der Waals surface area contributed by atoms with Gasteiger partial charge in [0.15, 0.2) is 0 Å². The summed E-state index contributed by atoms with van der Waals surface area (Å²) < 4.78 is 0. The van der Waals surface area contributed by atoms with Crippen molar-refractivity contribution in [2.24, 2.45) is 0 Å². The van der Waals surface area contributed by atoms with Crippen LogP contribution in [0.5, 0.6) is 0 Å². The Morgan fingerprint density at radius 2 is 1.46 bits per heavy atom. The van der Waals surface area contributed by atoms with Gasteiger partial charge in [-0.2, -0.15) is 0 Å². The third-order valence-corrected chi connectivity index (χ3v) is 6.49. The van der Waals surface area contributed by atoms with E-state index in [-0.39, 0.29) is 0 Å². The molecule has 0 spiro atoms. The van der Waals surface area contributed by atoms with Crippen LogP contribution in [0.3, 0.4) is 0 Å². The fourth-order valence-corrected chi connectivity index (χ4v) is 4.68. The quantitative estimate of drug-likeness (QED) is 0.700. The minimum atomic E-state index is 0.451. The molecule has 0 radical (unpaired) electrons. The minimum absolute atomic E-state index is 0.451. The average Bonchev–Trinajstić information content (AvgIpc) is 2.76. The van der Waals surface area contributed by atoms with Crippen molar-refractivity contribution in [2.75, 3.05) is 45.8 Å². The molecule has 2 aromatic carbocycles. The van der Waals surface area contributed by atoms with Gasteiger partial charge in [0.05, 0.1) is 0 Å². The van der Waals surface area contributed by atoms with E-state index in [0.717, 1.165) is 31.2 Å². The highest BCUT2D eigenvalue weighted by molar-refractivity contribution is 6.30. The predicted molar refractivity (Wildman–Crippen MR) is 118 cm³/mol. The molecule has 3 nitrogen and oxygen atoms in total. The lowest BCUT2D eigenvalue weighted by molar-refractivity contribution is 0.0596. The number of piperidine rings is 1. The predicted octanol–water partition coefficient (Wildman–Crippen LogP) is 4.68. The second kappa shape index (κ2) is 9.89. The molecule has 0 saturated carbocycles. The normalized spacial score (nSPS) is 22.4. The van der Waals surface area contributed by atoms with Crippen LogP contribution in [0.15, 0.2) is 54.6 Å². The largest absolute Gasteiger partial charge is 0.302 e. The van der Waals surface area contributed by atoms with Crippen molar-refractivity contribution >= 4 is 11.6 Å². The highest BCUT2D eigenvalue weighted by Gasteiger charge is 2.28. The maximum absolute atomic E-state index is 6.07. The van der Waals surface area contributed by atoms with Crippen molar-refractivity contribution in [2.45, 2.75) is 31.8 Å². The molecule has 150 valence electrons. The van der Waals surface area contributed by atoms with Crippen LogP contribution >= 0.6 is 11.6 Å². The van der Waals surface area contributed by atoms with Gasteiger partial charge in [-0.3, -0.25) is 9.80 Å². The van der Waals surface area contributed by atoms with E-state index in [2.05, 4.69) is 57.2 Å². The van der Waals surface area contributed by atoms with Crippen LogP contribution in [0.1, 0.15) is 36.4 Å². The second-order valence-corrected chi connectivity index (χ2v) is 8.66. The van der Waals surface area contributed by atoms with Crippen LogP contribution in [0.25, 0.3) is 0 Å². The van der Waals surface area contributed by atoms with Crippen molar-refractivity contribution in [1.82, 2.24) is 14.7 Å². The van der Waals surface area contributed by atoms with Crippen molar-refractivity contribution in [1.29, 1.82) is 0 Å². The SMILES string of the molecule is Clc1ccc(CN2CCN(CCN3CCCCC3)CC2c2ccccc2)cc1. The third-order valence-electron chi connectivity index (χ3n) is 6.24. The van der Waals surface area contributed by atoms with Crippen molar-refractivity contribution in [3.05, 3.63) is 70.7 Å². The molecule has 2 saturated heterocycles. The number of halogens is 1. The van der Waals surface area contributed by atoms with Gasteiger partial charge in [-0.1, -0.05) is 60.5 Å². The number of benzene rings is 2. The van der Waals surface area contributed by atoms with E-state index in [0.29, 0.717) is 6.04 Å². The summed E-state index contributed by atoms with van der Waals surface area (Å²) in [4.78, 5) is 7.96. The van der Waals surface area contributed by atoms with Gasteiger partial charge in [0.25, 0.3) is 0 Å². The fraction of sp³-hybridized carbons (Fsp3) is 0.500. The zero-order chi connectivity index (χ0) is 19.2. The van der Waals surface area contributed by atoms with E-state index in [1.54, 1.807) is 0 Å². The Hall–Kier alpha value is -1.39. The third kappa shape index (κ3) is 5.36. The van der Waals surface area contributed by atoms with Gasteiger partial charge in [0, 0.05) is 50.3 Å². The highest BCUT2D eigenvalue weighted by Crippen LogP contribution is 2.27. The summed E-state index contributed by atoms with van der Waals surface area (Å²) in [7, 11) is 0. The summed E-state index contributed by atoms with van der Waals surface area (Å²) >= 11 is 6.07. The van der Waals surface area contributed by atoms with Gasteiger partial charge in [-0.15, -0.1) is 0 Å². The molecule has 1 atom stereocenters. The van der Waals surface area contributed by atoms with Crippen molar-refractivity contribution in [3.8, 4) is 0 Å². The molecule has 1 unspecified atom stereocenters. The highest BCUT2D eigenvalue weighted by atomic mass is 35.5. The first-order valence-electron chi connectivity index (χ1n) is 10.8. The van der Waals surface area contributed by atoms with E-state index >= 15 is 0 Å². The number of rotatable bonds is 6. The number of likely N-dealkylation sites (tertiary alicyclic amines) is 1. The Morgan fingerprint density at radius 3 is 2.21 bits per heavy atom. The molecule has 2 fully saturated rings.